The van der Waals surface area contributed by atoms with Gasteiger partial charge >= 0.3 is 0 Å². The average Bonchev–Trinajstić information content (AvgIpc) is 2.66. The SMILES string of the molecule is Cc1ccc(C(=O)NC(N2CC3C[C@@H](C2)c2cccc(=O)n2C3)C(Cl)(Cl)Cl)cc1. The van der Waals surface area contributed by atoms with Gasteiger partial charge < -0.3 is 9.88 Å². The van der Waals surface area contributed by atoms with Crippen LogP contribution >= 0.6 is 34.8 Å². The van der Waals surface area contributed by atoms with Crippen molar-refractivity contribution in [2.75, 3.05) is 13.1 Å². The van der Waals surface area contributed by atoms with Crippen LogP contribution in [0.25, 0.3) is 0 Å². The molecule has 0 saturated carbocycles. The molecule has 2 aliphatic rings. The third kappa shape index (κ3) is 4.33. The predicted octanol–water partition coefficient (Wildman–Crippen LogP) is 3.70. The smallest absolute Gasteiger partial charge is 0.252 e. The number of likely N-dealkylation sites (tertiary alicyclic amines) is 1. The molecule has 4 rings (SSSR count). The second-order valence-corrected chi connectivity index (χ2v) is 10.3. The number of carbonyl (C=O) groups excluding carboxylic acids is 1. The van der Waals surface area contributed by atoms with Crippen LogP contribution < -0.4 is 10.9 Å². The number of alkyl halides is 3. The van der Waals surface area contributed by atoms with Gasteiger partial charge in [-0.2, -0.15) is 0 Å². The van der Waals surface area contributed by atoms with E-state index in [1.165, 1.54) is 0 Å². The molecule has 1 fully saturated rings. The second-order valence-electron chi connectivity index (χ2n) is 7.94. The fourth-order valence-corrected chi connectivity index (χ4v) is 5.01. The van der Waals surface area contributed by atoms with E-state index in [9.17, 15) is 9.59 Å². The van der Waals surface area contributed by atoms with Crippen LogP contribution in [0, 0.1) is 12.8 Å². The summed E-state index contributed by atoms with van der Waals surface area (Å²) in [6.45, 7) is 3.85. The van der Waals surface area contributed by atoms with Crippen molar-refractivity contribution in [3.05, 3.63) is 69.6 Å². The standard InChI is InChI=1S/C21H22Cl3N3O2/c1-13-5-7-15(8-6-13)19(29)25-20(21(22,23)24)26-10-14-9-16(12-26)17-3-2-4-18(28)27(17)11-14/h2-8,14,16,20H,9-12H2,1H3,(H,25,29)/t14?,16-,20?/m0/s1. The number of carbonyl (C=O) groups is 1. The summed E-state index contributed by atoms with van der Waals surface area (Å²) in [5, 5.41) is 2.91. The highest BCUT2D eigenvalue weighted by molar-refractivity contribution is 6.68. The van der Waals surface area contributed by atoms with E-state index in [2.05, 4.69) is 5.32 Å². The lowest BCUT2D eigenvalue weighted by Gasteiger charge is -2.47. The van der Waals surface area contributed by atoms with Crippen molar-refractivity contribution in [2.24, 2.45) is 5.92 Å². The number of aromatic nitrogens is 1. The Hall–Kier alpha value is -1.53. The molecule has 1 saturated heterocycles. The van der Waals surface area contributed by atoms with Crippen LogP contribution in [-0.2, 0) is 6.54 Å². The summed E-state index contributed by atoms with van der Waals surface area (Å²) in [4.78, 5) is 27.0. The number of fused-ring (bicyclic) bond motifs is 4. The molecule has 8 heteroatoms. The van der Waals surface area contributed by atoms with Crippen LogP contribution in [0.4, 0.5) is 0 Å². The number of pyridine rings is 1. The van der Waals surface area contributed by atoms with Crippen molar-refractivity contribution in [3.8, 4) is 0 Å². The van der Waals surface area contributed by atoms with Gasteiger partial charge in [0.1, 0.15) is 6.17 Å². The number of nitrogens with one attached hydrogen (secondary N) is 1. The first-order valence-electron chi connectivity index (χ1n) is 9.60. The predicted molar refractivity (Wildman–Crippen MR) is 116 cm³/mol. The fraction of sp³-hybridized carbons (Fsp3) is 0.429. The molecule has 1 aromatic carbocycles. The Morgan fingerprint density at radius 3 is 2.52 bits per heavy atom. The molecule has 2 bridgehead atoms. The minimum Gasteiger partial charge on any atom is -0.332 e. The summed E-state index contributed by atoms with van der Waals surface area (Å²) < 4.78 is 0.160. The molecule has 154 valence electrons. The molecule has 1 amide bonds. The summed E-state index contributed by atoms with van der Waals surface area (Å²) in [6.07, 6.45) is 0.215. The van der Waals surface area contributed by atoms with Gasteiger partial charge in [-0.15, -0.1) is 0 Å². The van der Waals surface area contributed by atoms with Crippen LogP contribution in [-0.4, -0.2) is 38.4 Å². The molecular formula is C21H22Cl3N3O2. The molecule has 2 aliphatic heterocycles. The van der Waals surface area contributed by atoms with Gasteiger partial charge in [-0.05, 0) is 37.5 Å². The molecule has 5 nitrogen and oxygen atoms in total. The Morgan fingerprint density at radius 2 is 1.83 bits per heavy atom. The first kappa shape index (κ1) is 20.7. The summed E-state index contributed by atoms with van der Waals surface area (Å²) in [5.41, 5.74) is 2.61. The Kier molecular flexibility index (Phi) is 5.68. The molecule has 29 heavy (non-hydrogen) atoms. The summed E-state index contributed by atoms with van der Waals surface area (Å²) in [7, 11) is 0. The minimum atomic E-state index is -1.69. The van der Waals surface area contributed by atoms with Gasteiger partial charge in [0.25, 0.3) is 11.5 Å². The van der Waals surface area contributed by atoms with E-state index in [1.54, 1.807) is 24.3 Å². The maximum atomic E-state index is 12.8. The minimum absolute atomic E-state index is 0.0243. The van der Waals surface area contributed by atoms with Gasteiger partial charge in [-0.3, -0.25) is 14.5 Å². The van der Waals surface area contributed by atoms with E-state index >= 15 is 0 Å². The van der Waals surface area contributed by atoms with Crippen molar-refractivity contribution < 1.29 is 4.79 Å². The van der Waals surface area contributed by atoms with E-state index in [1.807, 2.05) is 34.6 Å². The van der Waals surface area contributed by atoms with Crippen molar-refractivity contribution in [1.82, 2.24) is 14.8 Å². The van der Waals surface area contributed by atoms with Crippen LogP contribution in [0.5, 0.6) is 0 Å². The highest BCUT2D eigenvalue weighted by Crippen LogP contribution is 2.39. The van der Waals surface area contributed by atoms with E-state index in [4.69, 9.17) is 34.8 Å². The number of hydrogen-bond donors (Lipinski definition) is 1. The summed E-state index contributed by atoms with van der Waals surface area (Å²) in [6, 6.07) is 12.6. The number of aryl methyl sites for hydroxylation is 1. The molecule has 0 radical (unpaired) electrons. The summed E-state index contributed by atoms with van der Waals surface area (Å²) >= 11 is 18.9. The highest BCUT2D eigenvalue weighted by Gasteiger charge is 2.44. The fourth-order valence-electron chi connectivity index (χ4n) is 4.44. The highest BCUT2D eigenvalue weighted by atomic mass is 35.6. The van der Waals surface area contributed by atoms with E-state index in [0.717, 1.165) is 17.7 Å². The molecule has 2 unspecified atom stereocenters. The zero-order valence-electron chi connectivity index (χ0n) is 15.9. The van der Waals surface area contributed by atoms with Gasteiger partial charge in [0.15, 0.2) is 0 Å². The lowest BCUT2D eigenvalue weighted by molar-refractivity contribution is 0.0586. The van der Waals surface area contributed by atoms with Crippen LogP contribution in [0.1, 0.15) is 34.0 Å². The molecule has 3 heterocycles. The largest absolute Gasteiger partial charge is 0.332 e. The van der Waals surface area contributed by atoms with Gasteiger partial charge in [0.05, 0.1) is 0 Å². The quantitative estimate of drug-likeness (QED) is 0.720. The van der Waals surface area contributed by atoms with Crippen LogP contribution in [0.15, 0.2) is 47.3 Å². The Bertz CT molecular complexity index is 968. The molecule has 0 aliphatic carbocycles. The summed E-state index contributed by atoms with van der Waals surface area (Å²) in [5.74, 6) is 0.128. The number of amides is 1. The molecular weight excluding hydrogens is 433 g/mol. The van der Waals surface area contributed by atoms with E-state index < -0.39 is 9.96 Å². The topological polar surface area (TPSA) is 54.3 Å². The van der Waals surface area contributed by atoms with Gasteiger partial charge in [-0.25, -0.2) is 0 Å². The third-order valence-corrected chi connectivity index (χ3v) is 6.38. The van der Waals surface area contributed by atoms with Crippen LogP contribution in [0.2, 0.25) is 0 Å². The van der Waals surface area contributed by atoms with Gasteiger partial charge in [-0.1, -0.05) is 58.6 Å². The monoisotopic (exact) mass is 453 g/mol. The molecule has 2 aromatic rings. The lowest BCUT2D eigenvalue weighted by atomic mass is 9.83. The van der Waals surface area contributed by atoms with Crippen molar-refractivity contribution >= 4 is 40.7 Å². The molecule has 0 spiro atoms. The first-order valence-corrected chi connectivity index (χ1v) is 10.7. The maximum absolute atomic E-state index is 12.8. The first-order chi connectivity index (χ1) is 13.7. The van der Waals surface area contributed by atoms with Crippen molar-refractivity contribution in [2.45, 2.75) is 35.8 Å². The second kappa shape index (κ2) is 7.95. The number of benzene rings is 1. The lowest BCUT2D eigenvalue weighted by Crippen LogP contribution is -2.60. The number of halogens is 3. The normalized spacial score (nSPS) is 22.6. The zero-order valence-corrected chi connectivity index (χ0v) is 18.2. The van der Waals surface area contributed by atoms with Gasteiger partial charge in [0, 0.05) is 42.9 Å². The number of hydrogen-bond acceptors (Lipinski definition) is 3. The van der Waals surface area contributed by atoms with E-state index in [0.29, 0.717) is 25.2 Å². The number of nitrogens with zero attached hydrogens (tertiary/aromatic N) is 2. The Balaban J connectivity index is 1.58. The average molecular weight is 455 g/mol. The molecule has 3 atom stereocenters. The Labute approximate surface area is 184 Å². The Morgan fingerprint density at radius 1 is 1.10 bits per heavy atom. The van der Waals surface area contributed by atoms with E-state index in [-0.39, 0.29) is 23.3 Å². The zero-order chi connectivity index (χ0) is 20.8. The number of piperidine rings is 1. The van der Waals surface area contributed by atoms with Crippen LogP contribution in [0.3, 0.4) is 0 Å². The molecule has 1 N–H and O–H groups in total. The third-order valence-electron chi connectivity index (χ3n) is 5.76. The van der Waals surface area contributed by atoms with Crippen molar-refractivity contribution in [3.63, 3.8) is 0 Å². The molecule has 1 aromatic heterocycles. The van der Waals surface area contributed by atoms with Gasteiger partial charge in [0.2, 0.25) is 3.79 Å². The van der Waals surface area contributed by atoms with Crippen molar-refractivity contribution in [1.29, 1.82) is 0 Å². The maximum Gasteiger partial charge on any atom is 0.252 e. The number of rotatable bonds is 3.